The molecular weight excluding hydrogens is 298 g/mol. The fraction of sp³-hybridized carbons (Fsp3) is 0.353. The molecule has 1 aromatic heterocycles. The first-order chi connectivity index (χ1) is 10.3. The van der Waals surface area contributed by atoms with Crippen LogP contribution < -0.4 is 10.5 Å². The lowest BCUT2D eigenvalue weighted by molar-refractivity contribution is 0.0380. The van der Waals surface area contributed by atoms with Gasteiger partial charge < -0.3 is 15.2 Å². The third kappa shape index (κ3) is 3.09. The van der Waals surface area contributed by atoms with E-state index in [1.54, 1.807) is 7.11 Å². The zero-order chi connectivity index (χ0) is 16.4. The summed E-state index contributed by atoms with van der Waals surface area (Å²) in [5.74, 6) is 0.320. The molecule has 0 spiro atoms. The molecule has 0 radical (unpaired) electrons. The summed E-state index contributed by atoms with van der Waals surface area (Å²) in [6, 6.07) is 5.87. The summed E-state index contributed by atoms with van der Waals surface area (Å²) in [5, 5.41) is 0.474. The van der Waals surface area contributed by atoms with Gasteiger partial charge in [-0.05, 0) is 39.8 Å². The Labute approximate surface area is 134 Å². The molecular formula is C17H21NO3S. The molecule has 0 amide bonds. The molecule has 1 heterocycles. The first-order valence-electron chi connectivity index (χ1n) is 7.10. The standard InChI is InChI=1S/C17H21NO3S/c1-9(2)21-17(19)15-14(11(4)22-16(15)18)12-8-10(3)6-7-13(12)20-5/h6-9H,18H2,1-5H3. The number of nitrogens with two attached hydrogens (primary N) is 1. The van der Waals surface area contributed by atoms with Gasteiger partial charge in [-0.2, -0.15) is 0 Å². The normalized spacial score (nSPS) is 10.8. The second kappa shape index (κ2) is 6.40. The summed E-state index contributed by atoms with van der Waals surface area (Å²) < 4.78 is 10.8. The number of carbonyl (C=O) groups is 1. The van der Waals surface area contributed by atoms with Crippen molar-refractivity contribution in [1.82, 2.24) is 0 Å². The summed E-state index contributed by atoms with van der Waals surface area (Å²) in [6.07, 6.45) is -0.195. The van der Waals surface area contributed by atoms with Gasteiger partial charge in [-0.15, -0.1) is 11.3 Å². The van der Waals surface area contributed by atoms with Crippen molar-refractivity contribution < 1.29 is 14.3 Å². The van der Waals surface area contributed by atoms with Crippen molar-refractivity contribution in [1.29, 1.82) is 0 Å². The third-order valence-electron chi connectivity index (χ3n) is 3.28. The van der Waals surface area contributed by atoms with Crippen LogP contribution in [0.2, 0.25) is 0 Å². The number of benzene rings is 1. The SMILES string of the molecule is COc1ccc(C)cc1-c1c(C)sc(N)c1C(=O)OC(C)C. The van der Waals surface area contributed by atoms with Crippen molar-refractivity contribution in [2.24, 2.45) is 0 Å². The first kappa shape index (κ1) is 16.4. The summed E-state index contributed by atoms with van der Waals surface area (Å²) in [6.45, 7) is 7.59. The number of hydrogen-bond acceptors (Lipinski definition) is 5. The fourth-order valence-electron chi connectivity index (χ4n) is 2.38. The van der Waals surface area contributed by atoms with Crippen LogP contribution >= 0.6 is 11.3 Å². The van der Waals surface area contributed by atoms with Crippen LogP contribution in [0, 0.1) is 13.8 Å². The van der Waals surface area contributed by atoms with Gasteiger partial charge in [0.05, 0.1) is 13.2 Å². The molecule has 0 bridgehead atoms. The molecule has 0 aliphatic rings. The Morgan fingerprint density at radius 3 is 2.55 bits per heavy atom. The number of methoxy groups -OCH3 is 1. The highest BCUT2D eigenvalue weighted by Gasteiger charge is 2.25. The Hall–Kier alpha value is -2.01. The number of esters is 1. The maximum Gasteiger partial charge on any atom is 0.342 e. The second-order valence-corrected chi connectivity index (χ2v) is 6.69. The van der Waals surface area contributed by atoms with Crippen molar-refractivity contribution in [2.45, 2.75) is 33.8 Å². The number of hydrogen-bond donors (Lipinski definition) is 1. The maximum absolute atomic E-state index is 12.4. The van der Waals surface area contributed by atoms with Gasteiger partial charge in [-0.25, -0.2) is 4.79 Å². The van der Waals surface area contributed by atoms with Crippen LogP contribution in [0.4, 0.5) is 5.00 Å². The van der Waals surface area contributed by atoms with Crippen LogP contribution in [0.15, 0.2) is 18.2 Å². The highest BCUT2D eigenvalue weighted by Crippen LogP contribution is 2.42. The number of ether oxygens (including phenoxy) is 2. The molecule has 0 aliphatic heterocycles. The topological polar surface area (TPSA) is 61.5 Å². The molecule has 2 N–H and O–H groups in total. The molecule has 22 heavy (non-hydrogen) atoms. The molecule has 0 unspecified atom stereocenters. The van der Waals surface area contributed by atoms with E-state index in [1.165, 1.54) is 11.3 Å². The molecule has 0 saturated carbocycles. The predicted octanol–water partition coefficient (Wildman–Crippen LogP) is 4.19. The van der Waals surface area contributed by atoms with Gasteiger partial charge in [-0.1, -0.05) is 11.6 Å². The molecule has 0 fully saturated rings. The molecule has 0 saturated heterocycles. The molecule has 2 rings (SSSR count). The lowest BCUT2D eigenvalue weighted by atomic mass is 9.98. The summed E-state index contributed by atoms with van der Waals surface area (Å²) >= 11 is 1.39. The Kier molecular flexibility index (Phi) is 4.76. The average Bonchev–Trinajstić information content (AvgIpc) is 2.72. The van der Waals surface area contributed by atoms with Gasteiger partial charge in [-0.3, -0.25) is 0 Å². The predicted molar refractivity (Wildman–Crippen MR) is 90.7 cm³/mol. The third-order valence-corrected chi connectivity index (χ3v) is 4.22. The number of thiophene rings is 1. The van der Waals surface area contributed by atoms with Crippen LogP contribution in [0.3, 0.4) is 0 Å². The molecule has 0 aliphatic carbocycles. The van der Waals surface area contributed by atoms with Crippen molar-refractivity contribution in [2.75, 3.05) is 12.8 Å². The molecule has 2 aromatic rings. The number of nitrogen functional groups attached to an aromatic ring is 1. The van der Waals surface area contributed by atoms with Gasteiger partial charge in [0.1, 0.15) is 16.3 Å². The van der Waals surface area contributed by atoms with E-state index in [-0.39, 0.29) is 6.10 Å². The Morgan fingerprint density at radius 2 is 1.95 bits per heavy atom. The summed E-state index contributed by atoms with van der Waals surface area (Å²) in [5.41, 5.74) is 9.24. The number of aryl methyl sites for hydroxylation is 2. The monoisotopic (exact) mass is 319 g/mol. The Bertz CT molecular complexity index is 704. The first-order valence-corrected chi connectivity index (χ1v) is 7.91. The van der Waals surface area contributed by atoms with E-state index in [4.69, 9.17) is 15.2 Å². The minimum Gasteiger partial charge on any atom is -0.496 e. The summed E-state index contributed by atoms with van der Waals surface area (Å²) in [4.78, 5) is 13.4. The number of carbonyl (C=O) groups excluding carboxylic acids is 1. The highest BCUT2D eigenvalue weighted by atomic mass is 32.1. The van der Waals surface area contributed by atoms with Crippen molar-refractivity contribution >= 4 is 22.3 Å². The van der Waals surface area contributed by atoms with Crippen LogP contribution in [0.5, 0.6) is 5.75 Å². The van der Waals surface area contributed by atoms with Gasteiger partial charge >= 0.3 is 5.97 Å². The van der Waals surface area contributed by atoms with Crippen LogP contribution in [0.1, 0.15) is 34.6 Å². The molecule has 0 atom stereocenters. The van der Waals surface area contributed by atoms with E-state index in [1.807, 2.05) is 45.9 Å². The second-order valence-electron chi connectivity index (χ2n) is 5.43. The molecule has 1 aromatic carbocycles. The largest absolute Gasteiger partial charge is 0.496 e. The maximum atomic E-state index is 12.4. The molecule has 4 nitrogen and oxygen atoms in total. The zero-order valence-electron chi connectivity index (χ0n) is 13.5. The van der Waals surface area contributed by atoms with Crippen molar-refractivity contribution in [3.63, 3.8) is 0 Å². The van der Waals surface area contributed by atoms with Gasteiger partial charge in [0.25, 0.3) is 0 Å². The van der Waals surface area contributed by atoms with E-state index < -0.39 is 5.97 Å². The van der Waals surface area contributed by atoms with E-state index in [0.717, 1.165) is 21.6 Å². The zero-order valence-corrected chi connectivity index (χ0v) is 14.3. The minimum atomic E-state index is -0.393. The Balaban J connectivity index is 2.66. The van der Waals surface area contributed by atoms with Gasteiger partial charge in [0, 0.05) is 16.0 Å². The van der Waals surface area contributed by atoms with E-state index >= 15 is 0 Å². The van der Waals surface area contributed by atoms with E-state index in [2.05, 4.69) is 0 Å². The fourth-order valence-corrected chi connectivity index (χ4v) is 3.31. The smallest absolute Gasteiger partial charge is 0.342 e. The van der Waals surface area contributed by atoms with Crippen molar-refractivity contribution in [3.05, 3.63) is 34.2 Å². The summed E-state index contributed by atoms with van der Waals surface area (Å²) in [7, 11) is 1.62. The van der Waals surface area contributed by atoms with Crippen LogP contribution in [-0.4, -0.2) is 19.2 Å². The lowest BCUT2D eigenvalue weighted by Gasteiger charge is -2.13. The van der Waals surface area contributed by atoms with E-state index in [9.17, 15) is 4.79 Å². The number of rotatable bonds is 4. The lowest BCUT2D eigenvalue weighted by Crippen LogP contribution is -2.13. The van der Waals surface area contributed by atoms with Gasteiger partial charge in [0.2, 0.25) is 0 Å². The van der Waals surface area contributed by atoms with E-state index in [0.29, 0.717) is 16.3 Å². The average molecular weight is 319 g/mol. The van der Waals surface area contributed by atoms with Crippen LogP contribution in [-0.2, 0) is 4.74 Å². The van der Waals surface area contributed by atoms with Crippen LogP contribution in [0.25, 0.3) is 11.1 Å². The van der Waals surface area contributed by atoms with Crippen molar-refractivity contribution in [3.8, 4) is 16.9 Å². The molecule has 118 valence electrons. The quantitative estimate of drug-likeness (QED) is 0.858. The minimum absolute atomic E-state index is 0.195. The van der Waals surface area contributed by atoms with Gasteiger partial charge in [0.15, 0.2) is 0 Å². The number of anilines is 1. The molecule has 5 heteroatoms. The Morgan fingerprint density at radius 1 is 1.27 bits per heavy atom. The highest BCUT2D eigenvalue weighted by molar-refractivity contribution is 7.16.